The van der Waals surface area contributed by atoms with E-state index in [0.29, 0.717) is 0 Å². The van der Waals surface area contributed by atoms with Crippen LogP contribution in [-0.4, -0.2) is 0 Å². The van der Waals surface area contributed by atoms with Crippen molar-refractivity contribution in [3.8, 4) is 0 Å². The van der Waals surface area contributed by atoms with Crippen molar-refractivity contribution in [3.63, 3.8) is 0 Å². The molecule has 0 aliphatic rings. The molecular weight excluding hydrogens is 467 g/mol. The Hall–Kier alpha value is 2.91. The zero-order valence-corrected chi connectivity index (χ0v) is 8.50. The Morgan fingerprint density at radius 3 is 0.600 bits per heavy atom. The molecule has 0 saturated carbocycles. The van der Waals surface area contributed by atoms with E-state index >= 15 is 0 Å². The van der Waals surface area contributed by atoms with Crippen molar-refractivity contribution in [2.24, 2.45) is 0 Å². The Labute approximate surface area is 94.9 Å². The molecule has 0 aromatic rings. The second-order valence-corrected chi connectivity index (χ2v) is 0. The molecule has 0 unspecified atom stereocenters. The van der Waals surface area contributed by atoms with Crippen LogP contribution in [0.2, 0.25) is 0 Å². The first kappa shape index (κ1) is 44.6. The van der Waals surface area contributed by atoms with E-state index in [1.54, 1.807) is 0 Å². The van der Waals surface area contributed by atoms with Gasteiger partial charge in [0.1, 0.15) is 0 Å². The Kier molecular flexibility index (Phi) is 254. The van der Waals surface area contributed by atoms with E-state index in [4.69, 9.17) is 0 Å². The van der Waals surface area contributed by atoms with Gasteiger partial charge in [0.2, 0.25) is 0 Å². The zero-order chi connectivity index (χ0) is 0. The number of halogens is 1. The van der Waals surface area contributed by atoms with Crippen LogP contribution in [0.1, 0.15) is 0 Å². The number of hydrogen-bond acceptors (Lipinski definition) is 0. The predicted molar refractivity (Wildman–Crippen MR) is 16.1 cm³/mol. The Bertz CT molecular complexity index is 6.85. The van der Waals surface area contributed by atoms with Gasteiger partial charge in [0.05, 0.1) is 0 Å². The summed E-state index contributed by atoms with van der Waals surface area (Å²) in [5.41, 5.74) is 0. The Morgan fingerprint density at radius 1 is 0.600 bits per heavy atom. The Morgan fingerprint density at radius 2 is 0.600 bits per heavy atom. The molecule has 0 spiro atoms. The van der Waals surface area contributed by atoms with Gasteiger partial charge >= 0.3 is 67.1 Å². The summed E-state index contributed by atoms with van der Waals surface area (Å²) in [6, 6.07) is 0. The van der Waals surface area contributed by atoms with Gasteiger partial charge in [-0.2, -0.15) is 0 Å². The summed E-state index contributed by atoms with van der Waals surface area (Å²) in [6.45, 7) is 0. The van der Waals surface area contributed by atoms with Crippen LogP contribution in [0.3, 0.4) is 0 Å². The number of hydrogen-bond donors (Lipinski definition) is 0. The van der Waals surface area contributed by atoms with Gasteiger partial charge < -0.3 is 5.48 Å². The van der Waals surface area contributed by atoms with Gasteiger partial charge in [-0.1, -0.05) is 0 Å². The maximum absolute atomic E-state index is 0. The summed E-state index contributed by atoms with van der Waals surface area (Å²) in [5, 5.41) is 0. The second kappa shape index (κ2) is 28.5. The minimum Gasteiger partial charge on any atom is -2.00 e. The summed E-state index contributed by atoms with van der Waals surface area (Å²) in [4.78, 5) is 0. The molecule has 5 heteroatoms. The first-order valence-electron chi connectivity index (χ1n) is 0. The molecule has 0 aliphatic carbocycles. The van der Waals surface area contributed by atoms with Crippen LogP contribution >= 0.6 is 24.0 Å². The van der Waals surface area contributed by atoms with Crippen molar-refractivity contribution in [1.29, 1.82) is 0 Å². The molecule has 0 saturated heterocycles. The first-order valence-corrected chi connectivity index (χ1v) is 0. The van der Waals surface area contributed by atoms with E-state index in [1.165, 1.54) is 0 Å². The van der Waals surface area contributed by atoms with Gasteiger partial charge in [-0.3, -0.25) is 0 Å². The SMILES string of the molecule is I.[Ag+].[Ag+].[Ag+].[O-2]. The molecule has 0 aliphatic heterocycles. The van der Waals surface area contributed by atoms with E-state index in [9.17, 15) is 0 Å². The van der Waals surface area contributed by atoms with Crippen LogP contribution in [0.15, 0.2) is 0 Å². The van der Waals surface area contributed by atoms with Crippen molar-refractivity contribution >= 4 is 24.0 Å². The van der Waals surface area contributed by atoms with E-state index in [-0.39, 0.29) is 96.6 Å². The smallest absolute Gasteiger partial charge is 1.00 e. The molecule has 0 aromatic heterocycles. The minimum atomic E-state index is 0. The molecule has 0 atom stereocenters. The summed E-state index contributed by atoms with van der Waals surface area (Å²) in [5.74, 6) is 0. The van der Waals surface area contributed by atoms with Gasteiger partial charge in [-0.25, -0.2) is 0 Å². The molecule has 46 valence electrons. The molecule has 0 fully saturated rings. The normalized spacial score (nSPS) is 0. The zero-order valence-electron chi connectivity index (χ0n) is 1.72. The molecule has 0 bridgehead atoms. The van der Waals surface area contributed by atoms with Gasteiger partial charge in [-0.15, -0.1) is 24.0 Å². The van der Waals surface area contributed by atoms with Crippen molar-refractivity contribution < 1.29 is 72.6 Å². The fourth-order valence-corrected chi connectivity index (χ4v) is 0. The third kappa shape index (κ3) is 19.7. The molecular formula is HAg3IO+. The fourth-order valence-electron chi connectivity index (χ4n) is 0. The minimum absolute atomic E-state index is 0. The molecule has 1 nitrogen and oxygen atoms in total. The van der Waals surface area contributed by atoms with Gasteiger partial charge in [0.15, 0.2) is 0 Å². The van der Waals surface area contributed by atoms with Gasteiger partial charge in [0.25, 0.3) is 0 Å². The van der Waals surface area contributed by atoms with Crippen LogP contribution in [0.4, 0.5) is 0 Å². The van der Waals surface area contributed by atoms with E-state index in [2.05, 4.69) is 0 Å². The summed E-state index contributed by atoms with van der Waals surface area (Å²) < 4.78 is 0. The predicted octanol–water partition coefficient (Wildman–Crippen LogP) is 0.492. The monoisotopic (exact) mass is 465 g/mol. The fraction of sp³-hybridized carbons (Fsp3) is 0. The molecule has 0 rings (SSSR count). The molecule has 5 heavy (non-hydrogen) atoms. The van der Waals surface area contributed by atoms with Crippen LogP contribution < -0.4 is 0 Å². The topological polar surface area (TPSA) is 28.5 Å². The third-order valence-electron chi connectivity index (χ3n) is 0. The summed E-state index contributed by atoms with van der Waals surface area (Å²) in [7, 11) is 0. The maximum Gasteiger partial charge on any atom is 1.00 e. The van der Waals surface area contributed by atoms with Crippen LogP contribution in [-0.2, 0) is 72.6 Å². The van der Waals surface area contributed by atoms with Crippen LogP contribution in [0.25, 0.3) is 0 Å². The quantitative estimate of drug-likeness (QED) is 0.367. The van der Waals surface area contributed by atoms with Crippen molar-refractivity contribution in [2.75, 3.05) is 0 Å². The maximum atomic E-state index is 0. The van der Waals surface area contributed by atoms with Crippen LogP contribution in [0, 0.1) is 0 Å². The van der Waals surface area contributed by atoms with Crippen LogP contribution in [0.5, 0.6) is 0 Å². The average Bonchev–Trinajstić information content (AvgIpc) is 0. The molecule has 0 aromatic carbocycles. The Balaban J connectivity index is 0. The van der Waals surface area contributed by atoms with Crippen molar-refractivity contribution in [2.45, 2.75) is 0 Å². The van der Waals surface area contributed by atoms with Crippen molar-refractivity contribution in [1.82, 2.24) is 0 Å². The summed E-state index contributed by atoms with van der Waals surface area (Å²) in [6.07, 6.45) is 0. The largest absolute Gasteiger partial charge is 2.00 e. The van der Waals surface area contributed by atoms with Gasteiger partial charge in [0, 0.05) is 0 Å². The second-order valence-electron chi connectivity index (χ2n) is 0. The third-order valence-corrected chi connectivity index (χ3v) is 0. The van der Waals surface area contributed by atoms with Crippen molar-refractivity contribution in [3.05, 3.63) is 0 Å². The first-order chi connectivity index (χ1) is 0. The average molecular weight is 468 g/mol. The standard InChI is InChI=1S/3Ag.HI.O/h;;;1H;/q3*+1;;-2. The summed E-state index contributed by atoms with van der Waals surface area (Å²) >= 11 is 0. The van der Waals surface area contributed by atoms with E-state index in [1.807, 2.05) is 0 Å². The molecule has 0 N–H and O–H groups in total. The molecule has 0 radical (unpaired) electrons. The van der Waals surface area contributed by atoms with E-state index in [0.717, 1.165) is 0 Å². The van der Waals surface area contributed by atoms with E-state index < -0.39 is 0 Å². The molecule has 0 amide bonds. The molecule has 0 heterocycles. The van der Waals surface area contributed by atoms with Gasteiger partial charge in [-0.05, 0) is 0 Å². The number of rotatable bonds is 0.